The summed E-state index contributed by atoms with van der Waals surface area (Å²) in [7, 11) is 0. The second-order valence-electron chi connectivity index (χ2n) is 7.01. The molecule has 2 aromatic heterocycles. The molecule has 0 atom stereocenters. The van der Waals surface area contributed by atoms with Gasteiger partial charge in [0.05, 0.1) is 16.7 Å². The summed E-state index contributed by atoms with van der Waals surface area (Å²) in [6, 6.07) is 11.0. The van der Waals surface area contributed by atoms with Crippen LogP contribution >= 0.6 is 11.8 Å². The van der Waals surface area contributed by atoms with E-state index in [4.69, 9.17) is 0 Å². The van der Waals surface area contributed by atoms with Crippen molar-refractivity contribution in [1.29, 1.82) is 0 Å². The van der Waals surface area contributed by atoms with Gasteiger partial charge in [-0.05, 0) is 24.3 Å². The maximum Gasteiger partial charge on any atom is 0.586 e. The highest BCUT2D eigenvalue weighted by Crippen LogP contribution is 2.42. The number of carbonyl (C=O) groups is 1. The lowest BCUT2D eigenvalue weighted by molar-refractivity contribution is -0.286. The minimum absolute atomic E-state index is 0.0414. The summed E-state index contributed by atoms with van der Waals surface area (Å²) in [5.41, 5.74) is 0.674. The van der Waals surface area contributed by atoms with Gasteiger partial charge in [0.25, 0.3) is 5.56 Å². The predicted molar refractivity (Wildman–Crippen MR) is 117 cm³/mol. The summed E-state index contributed by atoms with van der Waals surface area (Å²) in [5.74, 6) is -0.384. The van der Waals surface area contributed by atoms with Crippen LogP contribution in [0.1, 0.15) is 0 Å². The van der Waals surface area contributed by atoms with Crippen molar-refractivity contribution >= 4 is 40.0 Å². The van der Waals surface area contributed by atoms with Crippen LogP contribution in [0.4, 0.5) is 14.5 Å². The summed E-state index contributed by atoms with van der Waals surface area (Å²) >= 11 is 1.12. The number of aromatic nitrogens is 4. The van der Waals surface area contributed by atoms with Gasteiger partial charge in [-0.3, -0.25) is 18.6 Å². The molecule has 1 amide bonds. The summed E-state index contributed by atoms with van der Waals surface area (Å²) < 4.78 is 38.2. The first kappa shape index (κ1) is 20.9. The zero-order chi connectivity index (χ0) is 23.2. The number of anilines is 1. The average molecular weight is 471 g/mol. The Kier molecular flexibility index (Phi) is 5.01. The van der Waals surface area contributed by atoms with Gasteiger partial charge in [-0.1, -0.05) is 30.0 Å². The maximum absolute atomic E-state index is 13.2. The normalized spacial score (nSPS) is 14.0. The minimum Gasteiger partial charge on any atom is -0.395 e. The Hall–Kier alpha value is -3.93. The third kappa shape index (κ3) is 3.78. The van der Waals surface area contributed by atoms with E-state index in [9.17, 15) is 18.4 Å². The maximum atomic E-state index is 13.2. The van der Waals surface area contributed by atoms with Crippen LogP contribution in [-0.4, -0.2) is 37.1 Å². The second kappa shape index (κ2) is 7.89. The SMILES string of the molecule is C=CCn1c(=O)c2ccccc2n2c(SCC(=O)Nc3ccc4c(c3)OC(F)(F)O4)nnc12. The van der Waals surface area contributed by atoms with Crippen LogP contribution in [0, 0.1) is 0 Å². The Morgan fingerprint density at radius 2 is 1.97 bits per heavy atom. The quantitative estimate of drug-likeness (QED) is 0.340. The van der Waals surface area contributed by atoms with Gasteiger partial charge in [0.1, 0.15) is 0 Å². The van der Waals surface area contributed by atoms with Gasteiger partial charge in [0.15, 0.2) is 16.7 Å². The first-order valence-electron chi connectivity index (χ1n) is 9.66. The van der Waals surface area contributed by atoms with Gasteiger partial charge in [-0.15, -0.1) is 25.6 Å². The third-order valence-corrected chi connectivity index (χ3v) is 5.74. The third-order valence-electron chi connectivity index (χ3n) is 4.81. The van der Waals surface area contributed by atoms with Crippen molar-refractivity contribution in [3.8, 4) is 11.5 Å². The van der Waals surface area contributed by atoms with Gasteiger partial charge < -0.3 is 14.8 Å². The fraction of sp³-hybridized carbons (Fsp3) is 0.143. The van der Waals surface area contributed by atoms with Crippen molar-refractivity contribution in [2.45, 2.75) is 18.0 Å². The topological polar surface area (TPSA) is 99.8 Å². The lowest BCUT2D eigenvalue weighted by Crippen LogP contribution is -2.25. The number of amides is 1. The molecule has 1 N–H and O–H groups in total. The molecule has 12 heteroatoms. The number of thioether (sulfide) groups is 1. The first-order chi connectivity index (χ1) is 15.9. The molecule has 168 valence electrons. The zero-order valence-corrected chi connectivity index (χ0v) is 17.6. The van der Waals surface area contributed by atoms with Crippen LogP contribution in [0.2, 0.25) is 0 Å². The lowest BCUT2D eigenvalue weighted by atomic mass is 10.2. The molecule has 2 aromatic carbocycles. The molecule has 33 heavy (non-hydrogen) atoms. The molecule has 3 heterocycles. The molecule has 0 spiro atoms. The van der Waals surface area contributed by atoms with Gasteiger partial charge in [-0.2, -0.15) is 0 Å². The Labute approximate surface area is 188 Å². The number of ether oxygens (including phenoxy) is 2. The molecule has 1 aliphatic heterocycles. The van der Waals surface area contributed by atoms with Crippen molar-refractivity contribution in [1.82, 2.24) is 19.2 Å². The zero-order valence-electron chi connectivity index (χ0n) is 16.8. The molecule has 0 unspecified atom stereocenters. The van der Waals surface area contributed by atoms with Crippen LogP contribution in [0.3, 0.4) is 0 Å². The van der Waals surface area contributed by atoms with Crippen LogP contribution in [-0.2, 0) is 11.3 Å². The summed E-state index contributed by atoms with van der Waals surface area (Å²) in [4.78, 5) is 25.3. The molecule has 0 fully saturated rings. The number of allylic oxidation sites excluding steroid dienone is 1. The average Bonchev–Trinajstić information content (AvgIpc) is 3.34. The highest BCUT2D eigenvalue weighted by atomic mass is 32.2. The van der Waals surface area contributed by atoms with E-state index in [1.54, 1.807) is 34.7 Å². The van der Waals surface area contributed by atoms with Gasteiger partial charge in [0, 0.05) is 18.3 Å². The highest BCUT2D eigenvalue weighted by molar-refractivity contribution is 7.99. The molecular formula is C21H15F2N5O4S. The number of rotatable bonds is 6. The fourth-order valence-corrected chi connectivity index (χ4v) is 4.21. The number of benzene rings is 2. The number of nitrogens with zero attached hydrogens (tertiary/aromatic N) is 4. The Morgan fingerprint density at radius 1 is 1.18 bits per heavy atom. The van der Waals surface area contributed by atoms with E-state index >= 15 is 0 Å². The number of hydrogen-bond acceptors (Lipinski definition) is 7. The molecule has 4 aromatic rings. The number of para-hydroxylation sites is 1. The largest absolute Gasteiger partial charge is 0.586 e. The van der Waals surface area contributed by atoms with E-state index in [1.165, 1.54) is 22.8 Å². The van der Waals surface area contributed by atoms with Crippen LogP contribution in [0.25, 0.3) is 16.7 Å². The Balaban J connectivity index is 1.39. The molecule has 0 radical (unpaired) electrons. The summed E-state index contributed by atoms with van der Waals surface area (Å²) in [6.07, 6.45) is -2.14. The Bertz CT molecular complexity index is 1480. The number of hydrogen-bond donors (Lipinski definition) is 1. The van der Waals surface area contributed by atoms with Crippen molar-refractivity contribution < 1.29 is 23.0 Å². The monoisotopic (exact) mass is 471 g/mol. The lowest BCUT2D eigenvalue weighted by Gasteiger charge is -2.09. The minimum atomic E-state index is -3.73. The van der Waals surface area contributed by atoms with Crippen molar-refractivity contribution in [2.24, 2.45) is 0 Å². The summed E-state index contributed by atoms with van der Waals surface area (Å²) in [5, 5.41) is 11.8. The van der Waals surface area contributed by atoms with Crippen molar-refractivity contribution in [3.63, 3.8) is 0 Å². The van der Waals surface area contributed by atoms with Gasteiger partial charge >= 0.3 is 6.29 Å². The van der Waals surface area contributed by atoms with Crippen LogP contribution in [0.15, 0.2) is 65.1 Å². The smallest absolute Gasteiger partial charge is 0.395 e. The molecule has 1 aliphatic rings. The fourth-order valence-electron chi connectivity index (χ4n) is 3.47. The van der Waals surface area contributed by atoms with Crippen molar-refractivity contribution in [2.75, 3.05) is 11.1 Å². The van der Waals surface area contributed by atoms with Gasteiger partial charge in [-0.25, -0.2) is 0 Å². The van der Waals surface area contributed by atoms with Crippen LogP contribution in [0.5, 0.6) is 11.5 Å². The standard InChI is InChI=1S/C21H15F2N5O4S/c1-2-9-27-18(30)13-5-3-4-6-14(13)28-19(27)25-26-20(28)33-11-17(29)24-12-7-8-15-16(10-12)32-21(22,23)31-15/h2-8,10H,1,9,11H2,(H,24,29). The Morgan fingerprint density at radius 3 is 2.79 bits per heavy atom. The van der Waals surface area contributed by atoms with E-state index in [0.29, 0.717) is 21.8 Å². The van der Waals surface area contributed by atoms with E-state index in [0.717, 1.165) is 11.8 Å². The molecule has 0 saturated heterocycles. The highest BCUT2D eigenvalue weighted by Gasteiger charge is 2.43. The van der Waals surface area contributed by atoms with E-state index < -0.39 is 12.2 Å². The van der Waals surface area contributed by atoms with Gasteiger partial charge in [0.2, 0.25) is 11.7 Å². The van der Waals surface area contributed by atoms with Crippen molar-refractivity contribution in [3.05, 3.63) is 65.5 Å². The molecule has 5 rings (SSSR count). The first-order valence-corrected chi connectivity index (χ1v) is 10.6. The molecule has 0 aliphatic carbocycles. The number of carbonyl (C=O) groups excluding carboxylic acids is 1. The molecular weight excluding hydrogens is 456 g/mol. The molecule has 0 saturated carbocycles. The molecule has 9 nitrogen and oxygen atoms in total. The number of fused-ring (bicyclic) bond motifs is 4. The molecule has 0 bridgehead atoms. The number of halogens is 2. The predicted octanol–water partition coefficient (Wildman–Crippen LogP) is 3.28. The van der Waals surface area contributed by atoms with Crippen LogP contribution < -0.4 is 20.3 Å². The number of alkyl halides is 2. The second-order valence-corrected chi connectivity index (χ2v) is 7.95. The van der Waals surface area contributed by atoms with E-state index in [1.807, 2.05) is 0 Å². The van der Waals surface area contributed by atoms with E-state index in [2.05, 4.69) is 31.6 Å². The number of nitrogens with one attached hydrogen (secondary N) is 1. The summed E-state index contributed by atoms with van der Waals surface area (Å²) in [6.45, 7) is 3.94. The van der Waals surface area contributed by atoms with E-state index in [-0.39, 0.29) is 35.0 Å².